The predicted octanol–water partition coefficient (Wildman–Crippen LogP) is 2.74. The summed E-state index contributed by atoms with van der Waals surface area (Å²) in [5.74, 6) is 0.783. The van der Waals surface area contributed by atoms with Gasteiger partial charge in [-0.15, -0.1) is 0 Å². The van der Waals surface area contributed by atoms with E-state index in [0.717, 1.165) is 5.92 Å². The van der Waals surface area contributed by atoms with E-state index in [1.165, 1.54) is 52.0 Å². The van der Waals surface area contributed by atoms with Crippen LogP contribution in [0.2, 0.25) is 0 Å². The Hall–Kier alpha value is -0.0800. The molecule has 1 atom stereocenters. The van der Waals surface area contributed by atoms with Gasteiger partial charge in [0.1, 0.15) is 0 Å². The summed E-state index contributed by atoms with van der Waals surface area (Å²) in [7, 11) is 0. The van der Waals surface area contributed by atoms with Gasteiger partial charge in [-0.3, -0.25) is 0 Å². The largest absolute Gasteiger partial charge is 0.316 e. The second-order valence-corrected chi connectivity index (χ2v) is 5.86. The monoisotopic (exact) mass is 226 g/mol. The fourth-order valence-electron chi connectivity index (χ4n) is 2.88. The average Bonchev–Trinajstić information content (AvgIpc) is 2.29. The molecule has 1 aliphatic heterocycles. The molecule has 0 aromatic rings. The minimum atomic E-state index is 0.545. The molecule has 0 radical (unpaired) electrons. The number of nitrogens with zero attached hydrogens (tertiary/aromatic N) is 1. The first-order valence-electron chi connectivity index (χ1n) is 7.05. The van der Waals surface area contributed by atoms with Gasteiger partial charge in [-0.2, -0.15) is 0 Å². The molecule has 1 saturated heterocycles. The van der Waals surface area contributed by atoms with Crippen molar-refractivity contribution in [2.45, 2.75) is 47.0 Å². The lowest BCUT2D eigenvalue weighted by Crippen LogP contribution is -2.48. The molecule has 16 heavy (non-hydrogen) atoms. The van der Waals surface area contributed by atoms with Crippen LogP contribution >= 0.6 is 0 Å². The van der Waals surface area contributed by atoms with Gasteiger partial charge in [0.15, 0.2) is 0 Å². The van der Waals surface area contributed by atoms with Crippen molar-refractivity contribution in [2.75, 3.05) is 32.7 Å². The summed E-state index contributed by atoms with van der Waals surface area (Å²) in [6, 6.07) is 0. The Morgan fingerprint density at radius 2 is 2.06 bits per heavy atom. The van der Waals surface area contributed by atoms with Crippen molar-refractivity contribution >= 4 is 0 Å². The Labute approximate surface area is 102 Å². The summed E-state index contributed by atoms with van der Waals surface area (Å²) in [4.78, 5) is 2.64. The highest BCUT2D eigenvalue weighted by Gasteiger charge is 2.31. The number of piperidine rings is 1. The fourth-order valence-corrected chi connectivity index (χ4v) is 2.88. The van der Waals surface area contributed by atoms with Crippen LogP contribution in [0.3, 0.4) is 0 Å². The first-order chi connectivity index (χ1) is 7.62. The molecule has 1 unspecified atom stereocenters. The zero-order valence-corrected chi connectivity index (χ0v) is 11.7. The van der Waals surface area contributed by atoms with Crippen LogP contribution in [-0.2, 0) is 0 Å². The van der Waals surface area contributed by atoms with Gasteiger partial charge in [0.05, 0.1) is 0 Å². The first-order valence-corrected chi connectivity index (χ1v) is 7.05. The molecule has 1 fully saturated rings. The molecule has 0 aliphatic carbocycles. The molecular formula is C14H30N2. The molecule has 0 aromatic carbocycles. The van der Waals surface area contributed by atoms with Crippen LogP contribution in [0.5, 0.6) is 0 Å². The lowest BCUT2D eigenvalue weighted by molar-refractivity contribution is 0.107. The summed E-state index contributed by atoms with van der Waals surface area (Å²) in [5.41, 5.74) is 0.545. The van der Waals surface area contributed by atoms with E-state index < -0.39 is 0 Å². The van der Waals surface area contributed by atoms with E-state index >= 15 is 0 Å². The maximum absolute atomic E-state index is 3.58. The lowest BCUT2D eigenvalue weighted by atomic mass is 9.78. The summed E-state index contributed by atoms with van der Waals surface area (Å²) in [5, 5.41) is 3.58. The van der Waals surface area contributed by atoms with Crippen molar-refractivity contribution in [1.82, 2.24) is 10.2 Å². The first kappa shape index (κ1) is 14.0. The van der Waals surface area contributed by atoms with E-state index in [2.05, 4.69) is 37.9 Å². The quantitative estimate of drug-likeness (QED) is 0.749. The molecule has 96 valence electrons. The van der Waals surface area contributed by atoms with Gasteiger partial charge in [0.25, 0.3) is 0 Å². The summed E-state index contributed by atoms with van der Waals surface area (Å²) >= 11 is 0. The minimum Gasteiger partial charge on any atom is -0.316 e. The van der Waals surface area contributed by atoms with Gasteiger partial charge < -0.3 is 10.2 Å². The molecule has 1 aliphatic rings. The molecule has 2 heteroatoms. The standard InChI is InChI=1S/C14H30N2/c1-5-14(8-7-9-15-11-14)12-16(6-2)10-13(3)4/h13,15H,5-12H2,1-4H3. The zero-order valence-electron chi connectivity index (χ0n) is 11.7. The van der Waals surface area contributed by atoms with Crippen LogP contribution in [0.25, 0.3) is 0 Å². The third-order valence-corrected chi connectivity index (χ3v) is 3.94. The summed E-state index contributed by atoms with van der Waals surface area (Å²) in [6.45, 7) is 15.5. The maximum Gasteiger partial charge on any atom is 0.00500 e. The molecule has 0 amide bonds. The van der Waals surface area contributed by atoms with E-state index in [1.54, 1.807) is 0 Å². The average molecular weight is 226 g/mol. The highest BCUT2D eigenvalue weighted by molar-refractivity contribution is 4.87. The van der Waals surface area contributed by atoms with Gasteiger partial charge in [-0.05, 0) is 43.7 Å². The van der Waals surface area contributed by atoms with Crippen LogP contribution in [-0.4, -0.2) is 37.6 Å². The Morgan fingerprint density at radius 3 is 2.50 bits per heavy atom. The Morgan fingerprint density at radius 1 is 1.31 bits per heavy atom. The van der Waals surface area contributed by atoms with Gasteiger partial charge in [0, 0.05) is 19.6 Å². The SMILES string of the molecule is CCN(CC(C)C)CC1(CC)CCCNC1. The molecule has 0 saturated carbocycles. The van der Waals surface area contributed by atoms with Gasteiger partial charge in [-0.1, -0.05) is 27.7 Å². The number of hydrogen-bond donors (Lipinski definition) is 1. The fraction of sp³-hybridized carbons (Fsp3) is 1.00. The van der Waals surface area contributed by atoms with Crippen LogP contribution in [0.1, 0.15) is 47.0 Å². The molecule has 1 heterocycles. The minimum absolute atomic E-state index is 0.545. The molecule has 2 nitrogen and oxygen atoms in total. The highest BCUT2D eigenvalue weighted by Crippen LogP contribution is 2.31. The molecular weight excluding hydrogens is 196 g/mol. The molecule has 0 bridgehead atoms. The van der Waals surface area contributed by atoms with Gasteiger partial charge in [-0.25, -0.2) is 0 Å². The molecule has 1 N–H and O–H groups in total. The van der Waals surface area contributed by atoms with Crippen molar-refractivity contribution in [2.24, 2.45) is 11.3 Å². The van der Waals surface area contributed by atoms with Crippen molar-refractivity contribution in [3.63, 3.8) is 0 Å². The lowest BCUT2D eigenvalue weighted by Gasteiger charge is -2.41. The third kappa shape index (κ3) is 4.06. The van der Waals surface area contributed by atoms with E-state index in [4.69, 9.17) is 0 Å². The van der Waals surface area contributed by atoms with Crippen LogP contribution in [0.4, 0.5) is 0 Å². The molecule has 0 aromatic heterocycles. The number of hydrogen-bond acceptors (Lipinski definition) is 2. The zero-order chi connectivity index (χ0) is 12.0. The molecule has 1 rings (SSSR count). The topological polar surface area (TPSA) is 15.3 Å². The predicted molar refractivity (Wildman–Crippen MR) is 71.8 cm³/mol. The van der Waals surface area contributed by atoms with Crippen molar-refractivity contribution in [1.29, 1.82) is 0 Å². The van der Waals surface area contributed by atoms with Gasteiger partial charge in [0.2, 0.25) is 0 Å². The number of nitrogens with one attached hydrogen (secondary N) is 1. The normalized spacial score (nSPS) is 26.6. The Kier molecular flexibility index (Phi) is 5.77. The second-order valence-electron chi connectivity index (χ2n) is 5.86. The Bertz CT molecular complexity index is 183. The van der Waals surface area contributed by atoms with E-state index in [1.807, 2.05) is 0 Å². The summed E-state index contributed by atoms with van der Waals surface area (Å²) in [6.07, 6.45) is 4.08. The van der Waals surface area contributed by atoms with Crippen LogP contribution < -0.4 is 5.32 Å². The van der Waals surface area contributed by atoms with Gasteiger partial charge >= 0.3 is 0 Å². The van der Waals surface area contributed by atoms with Crippen LogP contribution in [0, 0.1) is 11.3 Å². The highest BCUT2D eigenvalue weighted by atomic mass is 15.1. The van der Waals surface area contributed by atoms with Crippen molar-refractivity contribution in [3.8, 4) is 0 Å². The van der Waals surface area contributed by atoms with E-state index in [0.29, 0.717) is 5.41 Å². The van der Waals surface area contributed by atoms with Crippen LogP contribution in [0.15, 0.2) is 0 Å². The van der Waals surface area contributed by atoms with Crippen molar-refractivity contribution in [3.05, 3.63) is 0 Å². The van der Waals surface area contributed by atoms with Crippen molar-refractivity contribution < 1.29 is 0 Å². The second kappa shape index (κ2) is 6.61. The Balaban J connectivity index is 2.51. The maximum atomic E-state index is 3.58. The smallest absolute Gasteiger partial charge is 0.00500 e. The molecule has 0 spiro atoms. The van der Waals surface area contributed by atoms with E-state index in [9.17, 15) is 0 Å². The summed E-state index contributed by atoms with van der Waals surface area (Å²) < 4.78 is 0. The van der Waals surface area contributed by atoms with E-state index in [-0.39, 0.29) is 0 Å². The number of rotatable bonds is 6. The third-order valence-electron chi connectivity index (χ3n) is 3.94.